The normalized spacial score (nSPS) is 42.3. The fraction of sp³-hybridized carbons (Fsp3) is 0.952. The van der Waals surface area contributed by atoms with Crippen LogP contribution in [-0.2, 0) is 42.7 Å². The predicted octanol–water partition coefficient (Wildman–Crippen LogP) is 1.09. The van der Waals surface area contributed by atoms with Crippen LogP contribution in [0.2, 0.25) is 0 Å². The summed E-state index contributed by atoms with van der Waals surface area (Å²) in [6.07, 6.45) is -4.04. The molecule has 0 bridgehead atoms. The molecule has 2 saturated heterocycles. The Kier molecular flexibility index (Phi) is 12.6. The standard InChI is InChI=1S/C21H38O10.U/c1-9-12-11(2)14(25-5)15(13(29-12)10-24-4)30-19-17(27-7)16(26-6)18(28-8)21(3,31-19)20(22)23;/h11-19H,9-10H2,1-8H3,(H,22,23);. The van der Waals surface area contributed by atoms with Gasteiger partial charge in [0.05, 0.1) is 18.8 Å². The second-order valence-corrected chi connectivity index (χ2v) is 8.19. The molecule has 0 aromatic heterocycles. The second kappa shape index (κ2) is 13.3. The van der Waals surface area contributed by atoms with Crippen LogP contribution in [0.25, 0.3) is 0 Å². The van der Waals surface area contributed by atoms with Gasteiger partial charge in [-0.2, -0.15) is 0 Å². The van der Waals surface area contributed by atoms with Crippen molar-refractivity contribution in [3.05, 3.63) is 0 Å². The average Bonchev–Trinajstić information content (AvgIpc) is 2.75. The number of carboxylic acids is 1. The zero-order chi connectivity index (χ0) is 23.3. The number of carbonyl (C=O) groups is 1. The van der Waals surface area contributed by atoms with Crippen LogP contribution in [0.4, 0.5) is 0 Å². The molecule has 10 atom stereocenters. The van der Waals surface area contributed by atoms with Crippen LogP contribution in [0.15, 0.2) is 0 Å². The minimum atomic E-state index is -1.72. The van der Waals surface area contributed by atoms with Gasteiger partial charge < -0.3 is 43.0 Å². The molecule has 0 amide bonds. The van der Waals surface area contributed by atoms with E-state index in [0.717, 1.165) is 6.42 Å². The molecular formula is C21H38O10U. The molecule has 32 heavy (non-hydrogen) atoms. The van der Waals surface area contributed by atoms with E-state index < -0.39 is 48.4 Å². The van der Waals surface area contributed by atoms with Gasteiger partial charge in [-0.1, -0.05) is 13.8 Å². The van der Waals surface area contributed by atoms with Gasteiger partial charge in [-0.05, 0) is 13.3 Å². The van der Waals surface area contributed by atoms with Crippen LogP contribution in [0.3, 0.4) is 0 Å². The first-order chi connectivity index (χ1) is 14.7. The maximum absolute atomic E-state index is 12.1. The summed E-state index contributed by atoms with van der Waals surface area (Å²) in [5.74, 6) is -1.16. The molecule has 0 aromatic rings. The molecule has 10 unspecified atom stereocenters. The summed E-state index contributed by atoms with van der Waals surface area (Å²) in [6.45, 7) is 5.81. The van der Waals surface area contributed by atoms with E-state index in [4.69, 9.17) is 37.9 Å². The summed E-state index contributed by atoms with van der Waals surface area (Å²) < 4.78 is 46.4. The fourth-order valence-electron chi connectivity index (χ4n) is 4.74. The molecule has 2 fully saturated rings. The Labute approximate surface area is 214 Å². The van der Waals surface area contributed by atoms with Crippen LogP contribution in [-0.4, -0.2) is 108 Å². The second-order valence-electron chi connectivity index (χ2n) is 8.19. The van der Waals surface area contributed by atoms with E-state index >= 15 is 0 Å². The van der Waals surface area contributed by atoms with E-state index in [-0.39, 0.29) is 55.8 Å². The van der Waals surface area contributed by atoms with Crippen molar-refractivity contribution in [2.75, 3.05) is 42.2 Å². The SMILES string of the molecule is CCC1OC(COC)C(OC2OC(C)(C(=O)O)C(OC)C(OC)C2OC)C(OC)C1C.[U]. The largest absolute Gasteiger partial charge is 0.479 e. The zero-order valence-electron chi connectivity index (χ0n) is 20.2. The molecule has 0 spiro atoms. The maximum Gasteiger partial charge on any atom is 0.338 e. The minimum Gasteiger partial charge on any atom is -0.479 e. The average molecular weight is 689 g/mol. The van der Waals surface area contributed by atoms with Crippen LogP contribution in [0.1, 0.15) is 27.2 Å². The van der Waals surface area contributed by atoms with Crippen molar-refractivity contribution < 1.29 is 78.9 Å². The van der Waals surface area contributed by atoms with E-state index in [9.17, 15) is 9.90 Å². The Morgan fingerprint density at radius 2 is 1.53 bits per heavy atom. The van der Waals surface area contributed by atoms with Crippen LogP contribution in [0, 0.1) is 37.0 Å². The Balaban J connectivity index is 0.00000512. The Bertz CT molecular complexity index is 581. The molecule has 186 valence electrons. The Hall–Kier alpha value is 0.202. The molecule has 0 aliphatic carbocycles. The van der Waals surface area contributed by atoms with Gasteiger partial charge in [-0.15, -0.1) is 0 Å². The number of ether oxygens (including phenoxy) is 8. The molecule has 1 N–H and O–H groups in total. The molecule has 2 aliphatic heterocycles. The van der Waals surface area contributed by atoms with Crippen LogP contribution >= 0.6 is 0 Å². The monoisotopic (exact) mass is 688 g/mol. The first kappa shape index (κ1) is 30.2. The molecular weight excluding hydrogens is 650 g/mol. The summed E-state index contributed by atoms with van der Waals surface area (Å²) in [7, 11) is 7.57. The van der Waals surface area contributed by atoms with Gasteiger partial charge in [0.1, 0.15) is 30.5 Å². The van der Waals surface area contributed by atoms with Gasteiger partial charge in [0.15, 0.2) is 11.9 Å². The van der Waals surface area contributed by atoms with E-state index in [1.165, 1.54) is 28.3 Å². The first-order valence-electron chi connectivity index (χ1n) is 10.6. The van der Waals surface area contributed by atoms with Gasteiger partial charge in [-0.25, -0.2) is 4.79 Å². The predicted molar refractivity (Wildman–Crippen MR) is 109 cm³/mol. The van der Waals surface area contributed by atoms with Crippen LogP contribution < -0.4 is 0 Å². The Morgan fingerprint density at radius 1 is 0.938 bits per heavy atom. The third-order valence-corrected chi connectivity index (χ3v) is 6.46. The van der Waals surface area contributed by atoms with Gasteiger partial charge in [0.2, 0.25) is 0 Å². The fourth-order valence-corrected chi connectivity index (χ4v) is 4.74. The number of hydrogen-bond donors (Lipinski definition) is 1. The van der Waals surface area contributed by atoms with Gasteiger partial charge in [0.25, 0.3) is 0 Å². The van der Waals surface area contributed by atoms with Crippen molar-refractivity contribution in [2.45, 2.75) is 81.8 Å². The number of rotatable bonds is 10. The van der Waals surface area contributed by atoms with Crippen molar-refractivity contribution in [3.63, 3.8) is 0 Å². The molecule has 0 saturated carbocycles. The van der Waals surface area contributed by atoms with E-state index in [1.54, 1.807) is 14.2 Å². The molecule has 2 rings (SSSR count). The summed E-state index contributed by atoms with van der Waals surface area (Å²) in [4.78, 5) is 12.1. The van der Waals surface area contributed by atoms with Crippen molar-refractivity contribution >= 4 is 5.97 Å². The number of hydrogen-bond acceptors (Lipinski definition) is 9. The number of methoxy groups -OCH3 is 5. The number of aliphatic carboxylic acids is 1. The topological polar surface area (TPSA) is 111 Å². The third-order valence-electron chi connectivity index (χ3n) is 6.46. The van der Waals surface area contributed by atoms with Crippen molar-refractivity contribution in [1.29, 1.82) is 0 Å². The summed E-state index contributed by atoms with van der Waals surface area (Å²) >= 11 is 0. The number of carboxylic acid groups (broad SMARTS) is 1. The van der Waals surface area contributed by atoms with E-state index in [2.05, 4.69) is 6.92 Å². The minimum absolute atomic E-state index is 0. The maximum atomic E-state index is 12.1. The van der Waals surface area contributed by atoms with Crippen molar-refractivity contribution in [1.82, 2.24) is 0 Å². The van der Waals surface area contributed by atoms with Gasteiger partial charge >= 0.3 is 5.97 Å². The summed E-state index contributed by atoms with van der Waals surface area (Å²) in [6, 6.07) is 0. The molecule has 2 aliphatic rings. The molecule has 11 heteroatoms. The Morgan fingerprint density at radius 3 is 1.97 bits per heavy atom. The quantitative estimate of drug-likeness (QED) is 0.359. The summed E-state index contributed by atoms with van der Waals surface area (Å²) in [5.41, 5.74) is -1.72. The van der Waals surface area contributed by atoms with Crippen molar-refractivity contribution in [3.8, 4) is 0 Å². The zero-order valence-corrected chi connectivity index (χ0v) is 24.4. The smallest absolute Gasteiger partial charge is 0.338 e. The molecule has 2 heterocycles. The first-order valence-corrected chi connectivity index (χ1v) is 10.6. The molecule has 10 nitrogen and oxygen atoms in total. The molecule has 0 radical (unpaired) electrons. The van der Waals surface area contributed by atoms with E-state index in [0.29, 0.717) is 0 Å². The van der Waals surface area contributed by atoms with E-state index in [1.807, 2.05) is 6.92 Å². The van der Waals surface area contributed by atoms with Gasteiger partial charge in [0, 0.05) is 72.6 Å². The molecule has 0 aromatic carbocycles. The van der Waals surface area contributed by atoms with Gasteiger partial charge in [-0.3, -0.25) is 0 Å². The van der Waals surface area contributed by atoms with Crippen LogP contribution in [0.5, 0.6) is 0 Å². The summed E-state index contributed by atoms with van der Waals surface area (Å²) in [5, 5.41) is 9.91. The third kappa shape index (κ3) is 5.88. The van der Waals surface area contributed by atoms with Crippen molar-refractivity contribution in [2.24, 2.45) is 5.92 Å².